The van der Waals surface area contributed by atoms with Crippen molar-refractivity contribution < 1.29 is 13.9 Å². The van der Waals surface area contributed by atoms with Crippen molar-refractivity contribution >= 4 is 34.6 Å². The van der Waals surface area contributed by atoms with Crippen molar-refractivity contribution in [3.05, 3.63) is 108 Å². The molecule has 4 heterocycles. The lowest BCUT2D eigenvalue weighted by atomic mass is 9.98. The van der Waals surface area contributed by atoms with Gasteiger partial charge in [-0.15, -0.1) is 0 Å². The van der Waals surface area contributed by atoms with E-state index in [1.165, 1.54) is 0 Å². The van der Waals surface area contributed by atoms with Gasteiger partial charge in [0.1, 0.15) is 23.3 Å². The van der Waals surface area contributed by atoms with Crippen molar-refractivity contribution in [1.29, 1.82) is 0 Å². The van der Waals surface area contributed by atoms with Gasteiger partial charge in [0.15, 0.2) is 17.5 Å². The molecule has 198 valence electrons. The maximum absolute atomic E-state index is 6.05. The maximum Gasteiger partial charge on any atom is 0.179 e. The van der Waals surface area contributed by atoms with Crippen LogP contribution in [0.5, 0.6) is 11.5 Å². The van der Waals surface area contributed by atoms with Gasteiger partial charge in [0.2, 0.25) is 0 Å². The number of amidine groups is 2. The quantitative estimate of drug-likeness (QED) is 0.276. The summed E-state index contributed by atoms with van der Waals surface area (Å²) in [6.07, 6.45) is 1.70. The Kier molecular flexibility index (Phi) is 5.62. The minimum Gasteiger partial charge on any atom is -0.497 e. The Hall–Kier alpha value is -5.31. The number of fused-ring (bicyclic) bond motifs is 4. The number of hydrogen-bond donors (Lipinski definition) is 1. The van der Waals surface area contributed by atoms with Crippen LogP contribution in [0.4, 0.5) is 22.9 Å². The lowest BCUT2D eigenvalue weighted by Gasteiger charge is -2.39. The standard InChI is InChI=1S/C31H26N6O3/c1-19-27-28(25-14-9-17-40-25)36-24-13-8-7-12-22(24)32-29(33-23-16-15-21(38-2)18-26(23)39-3)31(36)34-30(27)37(35-19)20-10-5-4-6-11-20/h4-18,28H,1-3H3,(H,32,33). The Morgan fingerprint density at radius 2 is 1.70 bits per heavy atom. The number of para-hydroxylation sites is 3. The largest absolute Gasteiger partial charge is 0.497 e. The number of aryl methyl sites for hydroxylation is 1. The van der Waals surface area contributed by atoms with E-state index in [0.29, 0.717) is 23.2 Å². The van der Waals surface area contributed by atoms with Crippen LogP contribution in [0.2, 0.25) is 0 Å². The number of nitrogens with one attached hydrogen (secondary N) is 1. The van der Waals surface area contributed by atoms with E-state index in [9.17, 15) is 0 Å². The molecule has 1 unspecified atom stereocenters. The summed E-state index contributed by atoms with van der Waals surface area (Å²) in [5, 5.41) is 8.43. The van der Waals surface area contributed by atoms with Crippen molar-refractivity contribution in [2.24, 2.45) is 9.98 Å². The van der Waals surface area contributed by atoms with Crippen LogP contribution in [0.15, 0.2) is 106 Å². The van der Waals surface area contributed by atoms with Crippen molar-refractivity contribution in [1.82, 2.24) is 9.78 Å². The molecule has 2 aliphatic rings. The number of rotatable bonds is 5. The molecule has 5 aromatic rings. The fourth-order valence-corrected chi connectivity index (χ4v) is 5.29. The highest BCUT2D eigenvalue weighted by Gasteiger charge is 2.42. The van der Waals surface area contributed by atoms with Gasteiger partial charge in [-0.3, -0.25) is 0 Å². The summed E-state index contributed by atoms with van der Waals surface area (Å²) >= 11 is 0. The number of benzene rings is 3. The Morgan fingerprint density at radius 3 is 2.48 bits per heavy atom. The zero-order chi connectivity index (χ0) is 27.2. The fraction of sp³-hybridized carbons (Fsp3) is 0.129. The molecule has 0 saturated carbocycles. The maximum atomic E-state index is 6.05. The highest BCUT2D eigenvalue weighted by molar-refractivity contribution is 6.51. The van der Waals surface area contributed by atoms with Crippen LogP contribution in [0.1, 0.15) is 23.1 Å². The topological polar surface area (TPSA) is 89.4 Å². The van der Waals surface area contributed by atoms with Crippen LogP contribution in [0, 0.1) is 6.92 Å². The van der Waals surface area contributed by atoms with Gasteiger partial charge in [-0.2, -0.15) is 5.10 Å². The first-order chi connectivity index (χ1) is 19.7. The Morgan fingerprint density at radius 1 is 0.875 bits per heavy atom. The normalized spacial score (nSPS) is 15.4. The van der Waals surface area contributed by atoms with E-state index in [2.05, 4.69) is 16.3 Å². The molecule has 1 atom stereocenters. The summed E-state index contributed by atoms with van der Waals surface area (Å²) in [4.78, 5) is 12.4. The molecule has 9 nitrogen and oxygen atoms in total. The number of ether oxygens (including phenoxy) is 2. The Balaban J connectivity index is 1.47. The first-order valence-corrected chi connectivity index (χ1v) is 12.9. The zero-order valence-corrected chi connectivity index (χ0v) is 22.2. The zero-order valence-electron chi connectivity index (χ0n) is 22.2. The molecule has 0 aliphatic carbocycles. The summed E-state index contributed by atoms with van der Waals surface area (Å²) in [7, 11) is 3.26. The van der Waals surface area contributed by atoms with E-state index in [-0.39, 0.29) is 6.04 Å². The Labute approximate surface area is 231 Å². The van der Waals surface area contributed by atoms with Gasteiger partial charge >= 0.3 is 0 Å². The molecular formula is C31H26N6O3. The van der Waals surface area contributed by atoms with Crippen molar-refractivity contribution in [2.75, 3.05) is 24.4 Å². The molecule has 40 heavy (non-hydrogen) atoms. The number of nitrogens with zero attached hydrogens (tertiary/aromatic N) is 5. The predicted octanol–water partition coefficient (Wildman–Crippen LogP) is 6.59. The number of hydrogen-bond acceptors (Lipinski definition) is 8. The number of methoxy groups -OCH3 is 2. The van der Waals surface area contributed by atoms with Gasteiger partial charge in [-0.1, -0.05) is 30.3 Å². The molecule has 1 N–H and O–H groups in total. The van der Waals surface area contributed by atoms with Crippen LogP contribution >= 0.6 is 0 Å². The lowest BCUT2D eigenvalue weighted by molar-refractivity contribution is 0.395. The number of anilines is 2. The highest BCUT2D eigenvalue weighted by atomic mass is 16.5. The van der Waals surface area contributed by atoms with E-state index in [1.54, 1.807) is 20.5 Å². The van der Waals surface area contributed by atoms with Crippen LogP contribution < -0.4 is 19.7 Å². The van der Waals surface area contributed by atoms with E-state index < -0.39 is 0 Å². The van der Waals surface area contributed by atoms with Gasteiger partial charge in [-0.25, -0.2) is 14.7 Å². The molecule has 0 saturated heterocycles. The predicted molar refractivity (Wildman–Crippen MR) is 155 cm³/mol. The molecule has 0 fully saturated rings. The fourth-order valence-electron chi connectivity index (χ4n) is 5.29. The van der Waals surface area contributed by atoms with E-state index in [0.717, 1.165) is 45.6 Å². The van der Waals surface area contributed by atoms with E-state index >= 15 is 0 Å². The van der Waals surface area contributed by atoms with Crippen LogP contribution in [0.25, 0.3) is 5.69 Å². The van der Waals surface area contributed by atoms with Gasteiger partial charge in [0, 0.05) is 6.07 Å². The molecule has 0 amide bonds. The van der Waals surface area contributed by atoms with Gasteiger partial charge in [0.25, 0.3) is 0 Å². The summed E-state index contributed by atoms with van der Waals surface area (Å²) < 4.78 is 19.0. The van der Waals surface area contributed by atoms with Crippen molar-refractivity contribution in [2.45, 2.75) is 13.0 Å². The van der Waals surface area contributed by atoms with E-state index in [4.69, 9.17) is 29.0 Å². The Bertz CT molecular complexity index is 1770. The number of furan rings is 1. The SMILES string of the molecule is COc1ccc(NC2=Nc3ccccc3N3C2=Nc2c(c(C)nn2-c2ccccc2)C3c2ccco2)c(OC)c1. The smallest absolute Gasteiger partial charge is 0.179 e. The van der Waals surface area contributed by atoms with Crippen molar-refractivity contribution in [3.8, 4) is 17.2 Å². The minimum atomic E-state index is -0.318. The summed E-state index contributed by atoms with van der Waals surface area (Å²) in [6, 6.07) is 27.2. The average Bonchev–Trinajstić information content (AvgIpc) is 3.65. The van der Waals surface area contributed by atoms with Crippen LogP contribution in [-0.2, 0) is 0 Å². The van der Waals surface area contributed by atoms with Crippen molar-refractivity contribution in [3.63, 3.8) is 0 Å². The third kappa shape index (κ3) is 3.74. The molecule has 0 spiro atoms. The number of aliphatic imine (C=N–C) groups is 2. The second-order valence-electron chi connectivity index (χ2n) is 9.43. The first-order valence-electron chi connectivity index (χ1n) is 12.9. The van der Waals surface area contributed by atoms with E-state index in [1.807, 2.05) is 90.5 Å². The molecule has 0 radical (unpaired) electrons. The van der Waals surface area contributed by atoms with Gasteiger partial charge < -0.3 is 24.1 Å². The highest BCUT2D eigenvalue weighted by Crippen LogP contribution is 2.48. The first kappa shape index (κ1) is 23.8. The minimum absolute atomic E-state index is 0.318. The number of aromatic nitrogens is 2. The second-order valence-corrected chi connectivity index (χ2v) is 9.43. The van der Waals surface area contributed by atoms with Gasteiger partial charge in [-0.05, 0) is 55.5 Å². The molecular weight excluding hydrogens is 504 g/mol. The summed E-state index contributed by atoms with van der Waals surface area (Å²) in [6.45, 7) is 2.01. The summed E-state index contributed by atoms with van der Waals surface area (Å²) in [5.74, 6) is 4.04. The third-order valence-corrected chi connectivity index (χ3v) is 7.11. The second kappa shape index (κ2) is 9.46. The average molecular weight is 531 g/mol. The monoisotopic (exact) mass is 530 g/mol. The molecule has 2 aromatic heterocycles. The molecule has 0 bridgehead atoms. The lowest BCUT2D eigenvalue weighted by Crippen LogP contribution is -2.46. The molecule has 9 heteroatoms. The molecule has 7 rings (SSSR count). The molecule has 2 aliphatic heterocycles. The van der Waals surface area contributed by atoms with Crippen LogP contribution in [-0.4, -0.2) is 35.7 Å². The molecule has 3 aromatic carbocycles. The van der Waals surface area contributed by atoms with Gasteiger partial charge in [0.05, 0.1) is 54.5 Å². The third-order valence-electron chi connectivity index (χ3n) is 7.11. The van der Waals surface area contributed by atoms with Crippen LogP contribution in [0.3, 0.4) is 0 Å². The summed E-state index contributed by atoms with van der Waals surface area (Å²) in [5.41, 5.74) is 5.23.